The molecule has 36 nitrogen and oxygen atoms in total. The van der Waals surface area contributed by atoms with E-state index in [-0.39, 0.29) is 176 Å². The molecule has 0 bridgehead atoms. The summed E-state index contributed by atoms with van der Waals surface area (Å²) in [5.41, 5.74) is -5.65. The van der Waals surface area contributed by atoms with Crippen LogP contribution in [0.2, 0.25) is 0 Å². The van der Waals surface area contributed by atoms with Gasteiger partial charge in [-0.15, -0.1) is 0 Å². The number of carboxylic acid groups (broad SMARTS) is 6. The average molecular weight is 1450 g/mol. The van der Waals surface area contributed by atoms with Crippen molar-refractivity contribution in [3.05, 3.63) is 0 Å². The molecule has 0 aromatic rings. The van der Waals surface area contributed by atoms with E-state index < -0.39 is 140 Å². The SMILES string of the molecule is CC(C)(CO)[C@@H](O)C(=O)NCCC(=O)O.CC(C)(CO)[C@@H](O)C(=O)NCCC(=O)O.CC(C)(CO)[C@@H](O)C(=O)NCCC(=O)O.CC(C)(CO)[C@@H](O)C(=O)NCCC(=O)O.CC(C)(CO)[C@@H](O)C(=O)NCCC(=O)[O-].CC(C)(CO)[C@@H](O)C(=O)NCCC(=O)[O-].[Ca+2].[Mo]. The molecule has 0 heterocycles. The summed E-state index contributed by atoms with van der Waals surface area (Å²) < 4.78 is 0. The van der Waals surface area contributed by atoms with Crippen molar-refractivity contribution in [2.24, 2.45) is 32.5 Å². The van der Waals surface area contributed by atoms with E-state index in [4.69, 9.17) is 51.1 Å². The molecule has 0 saturated carbocycles. The molecule has 0 fully saturated rings. The fourth-order valence-electron chi connectivity index (χ4n) is 4.97. The quantitative estimate of drug-likeness (QED) is 0.0259. The van der Waals surface area contributed by atoms with Crippen molar-refractivity contribution < 1.29 is 171 Å². The second kappa shape index (κ2) is 52.4. The number of aliphatic carboxylic acids is 6. The van der Waals surface area contributed by atoms with Crippen LogP contribution in [0.15, 0.2) is 0 Å². The molecule has 0 aliphatic carbocycles. The summed E-state index contributed by atoms with van der Waals surface area (Å²) in [4.78, 5) is 128. The number of rotatable bonds is 36. The van der Waals surface area contributed by atoms with Gasteiger partial charge in [-0.25, -0.2) is 0 Å². The van der Waals surface area contributed by atoms with Gasteiger partial charge in [-0.3, -0.25) is 47.9 Å². The van der Waals surface area contributed by atoms with Gasteiger partial charge in [0.2, 0.25) is 35.4 Å². The third-order valence-corrected chi connectivity index (χ3v) is 12.2. The number of carbonyl (C=O) groups is 12. The fraction of sp³-hybridized carbons (Fsp3) is 0.778. The maximum atomic E-state index is 11.3. The first-order chi connectivity index (χ1) is 40.9. The molecule has 0 aromatic heterocycles. The number of amides is 6. The van der Waals surface area contributed by atoms with Crippen LogP contribution in [0.4, 0.5) is 0 Å². The Morgan fingerprint density at radius 1 is 0.283 bits per heavy atom. The molecule has 534 valence electrons. The zero-order valence-corrected chi connectivity index (χ0v) is 58.4. The average Bonchev–Trinajstić information content (AvgIpc) is 2.11. The van der Waals surface area contributed by atoms with Crippen LogP contribution in [0.1, 0.15) is 122 Å². The van der Waals surface area contributed by atoms with Crippen molar-refractivity contribution in [3.8, 4) is 0 Å². The van der Waals surface area contributed by atoms with Gasteiger partial charge in [0.05, 0.1) is 65.3 Å². The second-order valence-electron chi connectivity index (χ2n) is 23.9. The molecule has 92 heavy (non-hydrogen) atoms. The van der Waals surface area contributed by atoms with Crippen LogP contribution in [-0.4, -0.2) is 306 Å². The van der Waals surface area contributed by atoms with E-state index in [9.17, 15) is 98.4 Å². The van der Waals surface area contributed by atoms with Gasteiger partial charge < -0.3 is 133 Å². The monoisotopic (exact) mass is 1450 g/mol. The summed E-state index contributed by atoms with van der Waals surface area (Å²) in [6, 6.07) is 0. The first kappa shape index (κ1) is 103. The minimum atomic E-state index is -1.37. The van der Waals surface area contributed by atoms with E-state index in [1.807, 2.05) is 0 Å². The van der Waals surface area contributed by atoms with Crippen LogP contribution in [0.3, 0.4) is 0 Å². The summed E-state index contributed by atoms with van der Waals surface area (Å²) in [6.07, 6.45) is -9.55. The maximum Gasteiger partial charge on any atom is 2.00 e. The van der Waals surface area contributed by atoms with Crippen LogP contribution >= 0.6 is 0 Å². The molecule has 0 spiro atoms. The number of nitrogens with one attached hydrogen (secondary N) is 6. The number of aliphatic hydroxyl groups is 12. The van der Waals surface area contributed by atoms with E-state index in [1.54, 1.807) is 0 Å². The summed E-state index contributed by atoms with van der Waals surface area (Å²) in [6.45, 7) is 16.0. The van der Waals surface area contributed by atoms with E-state index in [1.165, 1.54) is 83.1 Å². The van der Waals surface area contributed by atoms with E-state index in [0.29, 0.717) is 0 Å². The van der Waals surface area contributed by atoms with Gasteiger partial charge in [0.25, 0.3) is 0 Å². The van der Waals surface area contributed by atoms with Crippen molar-refractivity contribution in [1.82, 2.24) is 31.9 Å². The molecule has 38 heteroatoms. The van der Waals surface area contributed by atoms with Gasteiger partial charge in [-0.05, 0) is 0 Å². The van der Waals surface area contributed by atoms with E-state index >= 15 is 0 Å². The van der Waals surface area contributed by atoms with Gasteiger partial charge >= 0.3 is 61.6 Å². The molecule has 6 amide bonds. The topological polar surface area (TPSA) is 647 Å². The Kier molecular flexibility index (Phi) is 58.8. The van der Waals surface area contributed by atoms with Crippen LogP contribution in [-0.2, 0) is 78.6 Å². The summed E-state index contributed by atoms with van der Waals surface area (Å²) in [5.74, 6) is -10.7. The fourth-order valence-corrected chi connectivity index (χ4v) is 4.97. The number of carbonyl (C=O) groups excluding carboxylic acids is 8. The van der Waals surface area contributed by atoms with Crippen molar-refractivity contribution in [2.75, 3.05) is 78.9 Å². The summed E-state index contributed by atoms with van der Waals surface area (Å²) in [7, 11) is 0. The van der Waals surface area contributed by atoms with Gasteiger partial charge in [0, 0.05) is 118 Å². The Bertz CT molecular complexity index is 1840. The van der Waals surface area contributed by atoms with Gasteiger partial charge in [0.15, 0.2) is 0 Å². The molecular formula is C54H100CaMoN6O30. The standard InChI is InChI=1S/6C9H17NO5.Ca.Mo/c6*1-9(2,5-11)7(14)8(15)10-4-3-6(12)13;;/h6*7,11,14H,3-5H2,1-2H3,(H,10,15)(H,12,13);;/q;;;;;;+2;/p-2/t6*7-;;/m000000../s1. The zero-order chi connectivity index (χ0) is 72.4. The number of carboxylic acids is 6. The Labute approximate surface area is 577 Å². The Hall–Kier alpha value is -4.89. The number of aliphatic hydroxyl groups excluding tert-OH is 12. The predicted molar refractivity (Wildman–Crippen MR) is 313 cm³/mol. The van der Waals surface area contributed by atoms with Crippen molar-refractivity contribution in [3.63, 3.8) is 0 Å². The van der Waals surface area contributed by atoms with Crippen molar-refractivity contribution >= 4 is 109 Å². The minimum Gasteiger partial charge on any atom is -0.550 e. The van der Waals surface area contributed by atoms with Crippen LogP contribution in [0, 0.1) is 32.5 Å². The van der Waals surface area contributed by atoms with Gasteiger partial charge in [0.1, 0.15) is 36.6 Å². The van der Waals surface area contributed by atoms with Crippen LogP contribution < -0.4 is 42.1 Å². The molecule has 6 atom stereocenters. The summed E-state index contributed by atoms with van der Waals surface area (Å²) >= 11 is 0. The third kappa shape index (κ3) is 50.6. The number of hydrogen-bond acceptors (Lipinski definition) is 26. The Balaban J connectivity index is -0.000000153. The Morgan fingerprint density at radius 3 is 0.478 bits per heavy atom. The smallest absolute Gasteiger partial charge is 0.550 e. The van der Waals surface area contributed by atoms with E-state index in [2.05, 4.69) is 31.9 Å². The molecule has 0 aliphatic rings. The molecule has 22 N–H and O–H groups in total. The summed E-state index contributed by atoms with van der Waals surface area (Å²) in [5, 5.41) is 177. The third-order valence-electron chi connectivity index (χ3n) is 12.2. The Morgan fingerprint density at radius 2 is 0.391 bits per heavy atom. The molecule has 0 saturated heterocycles. The van der Waals surface area contributed by atoms with Gasteiger partial charge in [-0.2, -0.15) is 0 Å². The zero-order valence-electron chi connectivity index (χ0n) is 54.2. The minimum absolute atomic E-state index is 0. The molecule has 0 radical (unpaired) electrons. The molecule has 0 aliphatic heterocycles. The van der Waals surface area contributed by atoms with Crippen molar-refractivity contribution in [2.45, 2.75) is 158 Å². The van der Waals surface area contributed by atoms with E-state index in [0.717, 1.165) is 0 Å². The molecular weight excluding hydrogens is 1350 g/mol. The largest absolute Gasteiger partial charge is 2.00 e. The normalized spacial score (nSPS) is 13.0. The van der Waals surface area contributed by atoms with Crippen molar-refractivity contribution in [1.29, 1.82) is 0 Å². The van der Waals surface area contributed by atoms with Gasteiger partial charge in [-0.1, -0.05) is 83.1 Å². The maximum absolute atomic E-state index is 11.3. The van der Waals surface area contributed by atoms with Crippen LogP contribution in [0.5, 0.6) is 0 Å². The molecule has 0 rings (SSSR count). The molecule has 0 unspecified atom stereocenters. The van der Waals surface area contributed by atoms with Crippen LogP contribution in [0.25, 0.3) is 0 Å². The second-order valence-corrected chi connectivity index (χ2v) is 23.9. The first-order valence-corrected chi connectivity index (χ1v) is 27.5. The molecule has 0 aromatic carbocycles. The number of hydrogen-bond donors (Lipinski definition) is 22. The predicted octanol–water partition coefficient (Wildman–Crippen LogP) is -9.31. The first-order valence-electron chi connectivity index (χ1n) is 27.5.